The van der Waals surface area contributed by atoms with E-state index >= 15 is 0 Å². The summed E-state index contributed by atoms with van der Waals surface area (Å²) in [6.45, 7) is 5.63. The van der Waals surface area contributed by atoms with Crippen LogP contribution in [0, 0.1) is 5.82 Å². The summed E-state index contributed by atoms with van der Waals surface area (Å²) in [7, 11) is 0. The number of esters is 4. The van der Waals surface area contributed by atoms with Crippen molar-refractivity contribution in [3.8, 4) is 16.9 Å². The number of anilines is 1. The van der Waals surface area contributed by atoms with E-state index in [0.717, 1.165) is 43.9 Å². The van der Waals surface area contributed by atoms with Gasteiger partial charge in [0.2, 0.25) is 0 Å². The number of hydrogen-bond acceptors (Lipinski definition) is 11. The van der Waals surface area contributed by atoms with Crippen LogP contribution in [0.15, 0.2) is 48.6 Å². The van der Waals surface area contributed by atoms with Crippen LogP contribution in [0.4, 0.5) is 10.2 Å². The molecule has 1 saturated heterocycles. The molecule has 0 amide bonds. The fraction of sp³-hybridized carbons (Fsp3) is 0.387. The van der Waals surface area contributed by atoms with Gasteiger partial charge < -0.3 is 28.7 Å². The third-order valence-electron chi connectivity index (χ3n) is 8.04. The zero-order valence-corrected chi connectivity index (χ0v) is 23.5. The van der Waals surface area contributed by atoms with Gasteiger partial charge in [-0.1, -0.05) is 19.1 Å². The highest BCUT2D eigenvalue weighted by molar-refractivity contribution is 5.97. The number of nitrogens with zero attached hydrogens (tertiary/aromatic N) is 3. The molecule has 3 aliphatic heterocycles. The van der Waals surface area contributed by atoms with E-state index in [1.54, 1.807) is 0 Å². The quantitative estimate of drug-likeness (QED) is 0.490. The van der Waals surface area contributed by atoms with Gasteiger partial charge in [-0.3, -0.25) is 0 Å². The van der Waals surface area contributed by atoms with E-state index < -0.39 is 41.6 Å². The van der Waals surface area contributed by atoms with Gasteiger partial charge in [0, 0.05) is 56.0 Å². The molecule has 2 atom stereocenters. The van der Waals surface area contributed by atoms with Gasteiger partial charge in [-0.25, -0.2) is 28.6 Å². The van der Waals surface area contributed by atoms with Gasteiger partial charge in [-0.15, -0.1) is 0 Å². The Morgan fingerprint density at radius 2 is 1.53 bits per heavy atom. The molecule has 6 rings (SSSR count). The number of fused-ring (bicyclic) bond motifs is 1. The zero-order chi connectivity index (χ0) is 30.1. The summed E-state index contributed by atoms with van der Waals surface area (Å²) in [4.78, 5) is 61.4. The molecule has 1 aromatic carbocycles. The summed E-state index contributed by atoms with van der Waals surface area (Å²) in [5, 5.41) is 0. The predicted octanol–water partition coefficient (Wildman–Crippen LogP) is 2.95. The first-order valence-corrected chi connectivity index (χ1v) is 14.3. The third kappa shape index (κ3) is 5.50. The fourth-order valence-corrected chi connectivity index (χ4v) is 5.96. The molecule has 0 radical (unpaired) electrons. The van der Waals surface area contributed by atoms with Gasteiger partial charge in [-0.05, 0) is 49.9 Å². The van der Waals surface area contributed by atoms with Crippen LogP contribution in [0.1, 0.15) is 37.4 Å². The van der Waals surface area contributed by atoms with Crippen molar-refractivity contribution in [3.63, 3.8) is 0 Å². The monoisotopic (exact) mass is 591 g/mol. The Morgan fingerprint density at radius 3 is 2.21 bits per heavy atom. The van der Waals surface area contributed by atoms with Gasteiger partial charge in [0.05, 0.1) is 11.3 Å². The first-order valence-electron chi connectivity index (χ1n) is 14.3. The second-order valence-corrected chi connectivity index (χ2v) is 10.7. The normalized spacial score (nSPS) is 25.8. The topological polar surface area (TPSA) is 125 Å². The molecular formula is C31H30FN3O8. The molecule has 1 aromatic heterocycles. The Balaban J connectivity index is 1.71. The van der Waals surface area contributed by atoms with E-state index in [1.807, 2.05) is 4.90 Å². The largest absolute Gasteiger partial charge is 0.450 e. The van der Waals surface area contributed by atoms with Gasteiger partial charge in [-0.2, -0.15) is 0 Å². The van der Waals surface area contributed by atoms with Crippen LogP contribution in [0.2, 0.25) is 0 Å². The minimum atomic E-state index is -2.30. The lowest BCUT2D eigenvalue weighted by atomic mass is 9.83. The molecule has 11 nitrogen and oxygen atoms in total. The molecule has 2 aromatic rings. The number of piperazine rings is 1. The Morgan fingerprint density at radius 1 is 0.884 bits per heavy atom. The molecule has 2 unspecified atom stereocenters. The van der Waals surface area contributed by atoms with E-state index in [2.05, 4.69) is 11.8 Å². The summed E-state index contributed by atoms with van der Waals surface area (Å²) < 4.78 is 37.8. The summed E-state index contributed by atoms with van der Waals surface area (Å²) >= 11 is 0. The van der Waals surface area contributed by atoms with Crippen LogP contribution in [-0.2, 0) is 45.6 Å². The number of aryl methyl sites for hydroxylation is 1. The van der Waals surface area contributed by atoms with Crippen molar-refractivity contribution in [3.05, 3.63) is 65.6 Å². The van der Waals surface area contributed by atoms with E-state index in [-0.39, 0.29) is 23.3 Å². The summed E-state index contributed by atoms with van der Waals surface area (Å²) in [5.41, 5.74) is 1.11. The van der Waals surface area contributed by atoms with Crippen molar-refractivity contribution in [1.29, 1.82) is 0 Å². The molecule has 0 saturated carbocycles. The van der Waals surface area contributed by atoms with E-state index in [0.29, 0.717) is 49.4 Å². The fourth-order valence-electron chi connectivity index (χ4n) is 5.96. The van der Waals surface area contributed by atoms with Gasteiger partial charge in [0.15, 0.2) is 17.7 Å². The molecule has 2 bridgehead atoms. The maximum absolute atomic E-state index is 14.2. The minimum Gasteiger partial charge on any atom is -0.450 e. The lowest BCUT2D eigenvalue weighted by Gasteiger charge is -2.42. The highest BCUT2D eigenvalue weighted by atomic mass is 19.1. The zero-order valence-electron chi connectivity index (χ0n) is 23.5. The lowest BCUT2D eigenvalue weighted by Crippen LogP contribution is -2.52. The van der Waals surface area contributed by atoms with Gasteiger partial charge in [0.25, 0.3) is 0 Å². The molecule has 43 heavy (non-hydrogen) atoms. The molecule has 224 valence electrons. The highest BCUT2D eigenvalue weighted by Crippen LogP contribution is 2.51. The number of benzene rings is 1. The Kier molecular flexibility index (Phi) is 7.70. The first-order chi connectivity index (χ1) is 20.8. The van der Waals surface area contributed by atoms with E-state index in [9.17, 15) is 23.6 Å². The average Bonchev–Trinajstić information content (AvgIpc) is 2.99. The Hall–Kier alpha value is -4.58. The second-order valence-electron chi connectivity index (χ2n) is 10.7. The predicted molar refractivity (Wildman–Crippen MR) is 149 cm³/mol. The van der Waals surface area contributed by atoms with Crippen LogP contribution >= 0.6 is 0 Å². The van der Waals surface area contributed by atoms with Crippen LogP contribution in [0.5, 0.6) is 5.75 Å². The third-order valence-corrected chi connectivity index (χ3v) is 8.04. The van der Waals surface area contributed by atoms with Crippen molar-refractivity contribution in [2.75, 3.05) is 37.6 Å². The van der Waals surface area contributed by atoms with Crippen LogP contribution in [-0.4, -0.2) is 72.6 Å². The maximum Gasteiger partial charge on any atom is 0.336 e. The van der Waals surface area contributed by atoms with Crippen molar-refractivity contribution in [2.45, 2.75) is 44.5 Å². The number of hydrogen-bond donors (Lipinski definition) is 0. The smallest absolute Gasteiger partial charge is 0.336 e. The van der Waals surface area contributed by atoms with Gasteiger partial charge in [0.1, 0.15) is 5.82 Å². The first kappa shape index (κ1) is 28.5. The van der Waals surface area contributed by atoms with Gasteiger partial charge >= 0.3 is 29.7 Å². The molecule has 12 heteroatoms. The second kappa shape index (κ2) is 11.6. The molecule has 4 heterocycles. The minimum absolute atomic E-state index is 0.0292. The number of rotatable bonds is 3. The number of likely N-dealkylation sites (N-methyl/N-ethyl adjacent to an activating group) is 1. The van der Waals surface area contributed by atoms with E-state index in [1.165, 1.54) is 24.3 Å². The number of carbonyl (C=O) groups is 4. The van der Waals surface area contributed by atoms with Crippen molar-refractivity contribution in [2.24, 2.45) is 0 Å². The molecular weight excluding hydrogens is 561 g/mol. The van der Waals surface area contributed by atoms with Crippen molar-refractivity contribution in [1.82, 2.24) is 9.88 Å². The van der Waals surface area contributed by atoms with Crippen molar-refractivity contribution >= 4 is 29.7 Å². The molecule has 1 fully saturated rings. The molecule has 0 N–H and O–H groups in total. The Bertz CT molecular complexity index is 1530. The molecule has 1 aliphatic carbocycles. The number of carbonyl (C=O) groups excluding carboxylic acids is 4. The van der Waals surface area contributed by atoms with Crippen molar-refractivity contribution < 1.29 is 42.5 Å². The van der Waals surface area contributed by atoms with E-state index in [4.69, 9.17) is 23.9 Å². The Labute approximate surface area is 246 Å². The highest BCUT2D eigenvalue weighted by Gasteiger charge is 2.55. The van der Waals surface area contributed by atoms with Crippen LogP contribution in [0.25, 0.3) is 11.1 Å². The van der Waals surface area contributed by atoms with Crippen LogP contribution < -0.4 is 9.64 Å². The van der Waals surface area contributed by atoms with Crippen LogP contribution in [0.3, 0.4) is 0 Å². The lowest BCUT2D eigenvalue weighted by molar-refractivity contribution is -0.270. The summed E-state index contributed by atoms with van der Waals surface area (Å²) in [6.07, 6.45) is 4.05. The number of ether oxygens (including phenoxy) is 4. The molecule has 1 spiro atoms. The number of aromatic nitrogens is 1. The summed E-state index contributed by atoms with van der Waals surface area (Å²) in [5.74, 6) is -6.07. The number of pyridine rings is 1. The molecule has 4 aliphatic rings. The SMILES string of the molecule is CCN1CCN(c2nc3c4c(-c5ccc(F)cc5)c2OC(=O)/C=C\C(=O)OC42OC(=O)/C=C\C(=O)OC2CCCC3)CC1. The average molecular weight is 592 g/mol. The maximum atomic E-state index is 14.2. The summed E-state index contributed by atoms with van der Waals surface area (Å²) in [6, 6.07) is 5.46. The number of halogens is 1. The standard InChI is InChI=1S/C31H30FN3O8/c1-2-34-15-17-35(18-16-34)30-29-27(19-7-9-20(32)10-8-19)28-21(33-30)5-3-4-6-22-31(28,42-25(38)13-11-23(36)40-22)43-26(39)14-12-24(37)41-29/h7-14,22H,2-6,15-18H2,1H3/b13-11-,14-12-.